The van der Waals surface area contributed by atoms with Gasteiger partial charge in [-0.1, -0.05) is 0 Å². The van der Waals surface area contributed by atoms with E-state index in [1.807, 2.05) is 26.0 Å². The van der Waals surface area contributed by atoms with Crippen LogP contribution in [0, 0.1) is 13.8 Å². The van der Waals surface area contributed by atoms with Gasteiger partial charge in [-0.2, -0.15) is 0 Å². The zero-order valence-corrected chi connectivity index (χ0v) is 7.61. The second-order valence-corrected chi connectivity index (χ2v) is 2.90. The number of rotatable bonds is 1. The second kappa shape index (κ2) is 3.01. The van der Waals surface area contributed by atoms with Gasteiger partial charge in [0.25, 0.3) is 0 Å². The lowest BCUT2D eigenvalue weighted by atomic mass is 10.3. The Morgan fingerprint density at radius 3 is 2.69 bits per heavy atom. The van der Waals surface area contributed by atoms with Gasteiger partial charge in [-0.25, -0.2) is 4.98 Å². The normalized spacial score (nSPS) is 10.3. The largest absolute Gasteiger partial charge is 0.463 e. The van der Waals surface area contributed by atoms with Crippen LogP contribution < -0.4 is 0 Å². The van der Waals surface area contributed by atoms with Crippen molar-refractivity contribution in [2.75, 3.05) is 0 Å². The molecule has 66 valence electrons. The lowest BCUT2D eigenvalue weighted by molar-refractivity contribution is 0.579. The van der Waals surface area contributed by atoms with E-state index in [2.05, 4.69) is 9.97 Å². The number of furan rings is 1. The van der Waals surface area contributed by atoms with E-state index in [0.29, 0.717) is 0 Å². The number of aryl methyl sites for hydroxylation is 2. The second-order valence-electron chi connectivity index (χ2n) is 2.90. The summed E-state index contributed by atoms with van der Waals surface area (Å²) in [5, 5.41) is 0. The molecule has 13 heavy (non-hydrogen) atoms. The molecule has 0 aliphatic carbocycles. The van der Waals surface area contributed by atoms with Gasteiger partial charge in [-0.15, -0.1) is 0 Å². The van der Waals surface area contributed by atoms with Gasteiger partial charge in [-0.05, 0) is 26.0 Å². The molecule has 3 heteroatoms. The van der Waals surface area contributed by atoms with Gasteiger partial charge >= 0.3 is 0 Å². The summed E-state index contributed by atoms with van der Waals surface area (Å²) in [6, 6.07) is 3.71. The van der Waals surface area contributed by atoms with Crippen molar-refractivity contribution >= 4 is 0 Å². The van der Waals surface area contributed by atoms with Crippen molar-refractivity contribution in [3.8, 4) is 11.5 Å². The summed E-state index contributed by atoms with van der Waals surface area (Å²) in [4.78, 5) is 8.57. The summed E-state index contributed by atoms with van der Waals surface area (Å²) in [7, 11) is 0. The Morgan fingerprint density at radius 1 is 1.23 bits per heavy atom. The number of aromatic nitrogens is 2. The first-order chi connectivity index (χ1) is 6.27. The Balaban J connectivity index is 2.49. The van der Waals surface area contributed by atoms with Gasteiger partial charge < -0.3 is 4.42 Å². The first-order valence-corrected chi connectivity index (χ1v) is 4.11. The van der Waals surface area contributed by atoms with Crippen LogP contribution in [0.15, 0.2) is 29.0 Å². The van der Waals surface area contributed by atoms with Crippen molar-refractivity contribution in [3.05, 3.63) is 36.0 Å². The predicted molar refractivity (Wildman–Crippen MR) is 49.2 cm³/mol. The lowest BCUT2D eigenvalue weighted by Gasteiger charge is -1.99. The molecule has 2 aromatic rings. The Kier molecular flexibility index (Phi) is 1.85. The van der Waals surface area contributed by atoms with Gasteiger partial charge in [0.05, 0.1) is 23.8 Å². The first-order valence-electron chi connectivity index (χ1n) is 4.11. The topological polar surface area (TPSA) is 38.9 Å². The van der Waals surface area contributed by atoms with Crippen LogP contribution in [0.25, 0.3) is 11.5 Å². The molecule has 0 aliphatic rings. The maximum absolute atomic E-state index is 5.21. The number of nitrogens with zero attached hydrogens (tertiary/aromatic N) is 2. The molecule has 0 unspecified atom stereocenters. The number of hydrogen-bond donors (Lipinski definition) is 0. The van der Waals surface area contributed by atoms with Gasteiger partial charge in [0.2, 0.25) is 0 Å². The molecule has 2 aromatic heterocycles. The molecule has 0 spiro atoms. The third-order valence-corrected chi connectivity index (χ3v) is 1.97. The van der Waals surface area contributed by atoms with Crippen LogP contribution in [0.1, 0.15) is 11.4 Å². The van der Waals surface area contributed by atoms with E-state index < -0.39 is 0 Å². The molecular weight excluding hydrogens is 164 g/mol. The Hall–Kier alpha value is -1.64. The molecule has 2 heterocycles. The highest BCUT2D eigenvalue weighted by Gasteiger charge is 2.03. The molecule has 0 atom stereocenters. The highest BCUT2D eigenvalue weighted by molar-refractivity contribution is 5.50. The van der Waals surface area contributed by atoms with Crippen LogP contribution in [0.3, 0.4) is 0 Å². The monoisotopic (exact) mass is 174 g/mol. The van der Waals surface area contributed by atoms with E-state index in [1.54, 1.807) is 12.5 Å². The molecule has 0 saturated heterocycles. The van der Waals surface area contributed by atoms with Crippen LogP contribution in [0.2, 0.25) is 0 Å². The van der Waals surface area contributed by atoms with E-state index in [0.717, 1.165) is 22.8 Å². The zero-order chi connectivity index (χ0) is 9.26. The first kappa shape index (κ1) is 7.98. The minimum absolute atomic E-state index is 0.760. The maximum Gasteiger partial charge on any atom is 0.153 e. The molecule has 2 rings (SSSR count). The van der Waals surface area contributed by atoms with Crippen molar-refractivity contribution in [2.45, 2.75) is 13.8 Å². The number of hydrogen-bond acceptors (Lipinski definition) is 3. The third-order valence-electron chi connectivity index (χ3n) is 1.97. The fourth-order valence-corrected chi connectivity index (χ4v) is 1.08. The molecular formula is C10H10N2O. The standard InChI is InChI=1S/C10H10N2O/c1-7-8(2)12-9(6-11-7)10-4-3-5-13-10/h3-6H,1-2H3. The third kappa shape index (κ3) is 1.45. The maximum atomic E-state index is 5.21. The molecule has 0 aliphatic heterocycles. The molecule has 0 radical (unpaired) electrons. The quantitative estimate of drug-likeness (QED) is 0.666. The predicted octanol–water partition coefficient (Wildman–Crippen LogP) is 2.35. The van der Waals surface area contributed by atoms with Crippen LogP contribution in [0.4, 0.5) is 0 Å². The van der Waals surface area contributed by atoms with Gasteiger partial charge in [0.1, 0.15) is 5.69 Å². The Bertz CT molecular complexity index is 407. The summed E-state index contributed by atoms with van der Waals surface area (Å²) in [6.45, 7) is 3.88. The summed E-state index contributed by atoms with van der Waals surface area (Å²) in [5.74, 6) is 0.760. The van der Waals surface area contributed by atoms with Gasteiger partial charge in [0, 0.05) is 0 Å². The molecule has 0 amide bonds. The zero-order valence-electron chi connectivity index (χ0n) is 7.61. The highest BCUT2D eigenvalue weighted by atomic mass is 16.3. The van der Waals surface area contributed by atoms with Crippen molar-refractivity contribution < 1.29 is 4.42 Å². The van der Waals surface area contributed by atoms with Crippen LogP contribution >= 0.6 is 0 Å². The van der Waals surface area contributed by atoms with E-state index in [4.69, 9.17) is 4.42 Å². The Labute approximate surface area is 76.5 Å². The molecule has 0 N–H and O–H groups in total. The summed E-state index contributed by atoms with van der Waals surface area (Å²) >= 11 is 0. The van der Waals surface area contributed by atoms with E-state index in [1.165, 1.54) is 0 Å². The lowest BCUT2D eigenvalue weighted by Crippen LogP contribution is -1.92. The fourth-order valence-electron chi connectivity index (χ4n) is 1.08. The molecule has 0 fully saturated rings. The van der Waals surface area contributed by atoms with Crippen LogP contribution in [0.5, 0.6) is 0 Å². The van der Waals surface area contributed by atoms with Crippen LogP contribution in [-0.2, 0) is 0 Å². The summed E-state index contributed by atoms with van der Waals surface area (Å²) in [6.07, 6.45) is 3.35. The van der Waals surface area contributed by atoms with Crippen molar-refractivity contribution in [1.82, 2.24) is 9.97 Å². The Morgan fingerprint density at radius 2 is 2.08 bits per heavy atom. The average molecular weight is 174 g/mol. The minimum Gasteiger partial charge on any atom is -0.463 e. The molecule has 0 aromatic carbocycles. The van der Waals surface area contributed by atoms with E-state index in [9.17, 15) is 0 Å². The smallest absolute Gasteiger partial charge is 0.153 e. The molecule has 0 bridgehead atoms. The van der Waals surface area contributed by atoms with Gasteiger partial charge in [-0.3, -0.25) is 4.98 Å². The highest BCUT2D eigenvalue weighted by Crippen LogP contribution is 2.16. The average Bonchev–Trinajstić information content (AvgIpc) is 2.62. The van der Waals surface area contributed by atoms with Crippen molar-refractivity contribution in [3.63, 3.8) is 0 Å². The molecule has 0 saturated carbocycles. The SMILES string of the molecule is Cc1ncc(-c2ccco2)nc1C. The minimum atomic E-state index is 0.760. The summed E-state index contributed by atoms with van der Waals surface area (Å²) in [5.41, 5.74) is 2.68. The summed E-state index contributed by atoms with van der Waals surface area (Å²) < 4.78 is 5.21. The van der Waals surface area contributed by atoms with Crippen molar-refractivity contribution in [2.24, 2.45) is 0 Å². The van der Waals surface area contributed by atoms with E-state index in [-0.39, 0.29) is 0 Å². The van der Waals surface area contributed by atoms with E-state index >= 15 is 0 Å². The van der Waals surface area contributed by atoms with Gasteiger partial charge in [0.15, 0.2) is 5.76 Å². The molecule has 3 nitrogen and oxygen atoms in total. The van der Waals surface area contributed by atoms with Crippen LogP contribution in [-0.4, -0.2) is 9.97 Å². The van der Waals surface area contributed by atoms with Crippen molar-refractivity contribution in [1.29, 1.82) is 0 Å². The fraction of sp³-hybridized carbons (Fsp3) is 0.200.